The first-order valence-electron chi connectivity index (χ1n) is 4.74. The fourth-order valence-electron chi connectivity index (χ4n) is 0.175. The maximum Gasteiger partial charge on any atom is 0.332 e. The van der Waals surface area contributed by atoms with Crippen LogP contribution in [0.5, 0.6) is 0 Å². The monoisotopic (exact) mass is 270 g/mol. The van der Waals surface area contributed by atoms with Crippen molar-refractivity contribution in [1.29, 1.82) is 0 Å². The third kappa shape index (κ3) is 23.8. The van der Waals surface area contributed by atoms with Crippen molar-refractivity contribution in [2.75, 3.05) is 6.61 Å². The number of hydrogen-bond donors (Lipinski definition) is 6. The lowest BCUT2D eigenvalue weighted by atomic mass is 10.3. The SMILES string of the molecule is CC(O)C(=O)O.CCC(O)C(=O)O.O=C(O)CO. The minimum absolute atomic E-state index is 0.273. The fraction of sp³-hybridized carbons (Fsp3) is 0.667. The molecule has 9 nitrogen and oxygen atoms in total. The van der Waals surface area contributed by atoms with Crippen LogP contribution in [0, 0.1) is 0 Å². The number of carboxylic acids is 3. The highest BCUT2D eigenvalue weighted by atomic mass is 16.4. The zero-order valence-electron chi connectivity index (χ0n) is 9.98. The van der Waals surface area contributed by atoms with Gasteiger partial charge in [0.25, 0.3) is 0 Å². The standard InChI is InChI=1S/C4H8O3.C3H6O3.C2H4O3/c1-2-3(5)4(6)7;1-2(4)3(5)6;3-1-2(4)5/h3,5H,2H2,1H3,(H,6,7);2,4H,1H3,(H,5,6);3H,1H2,(H,4,5). The maximum atomic E-state index is 9.68. The molecule has 9 heteroatoms. The van der Waals surface area contributed by atoms with Crippen LogP contribution < -0.4 is 0 Å². The van der Waals surface area contributed by atoms with Gasteiger partial charge in [0.1, 0.15) is 12.7 Å². The minimum atomic E-state index is -1.23. The van der Waals surface area contributed by atoms with Crippen LogP contribution in [-0.2, 0) is 14.4 Å². The molecular formula is C9H18O9. The Kier molecular flexibility index (Phi) is 16.0. The smallest absolute Gasteiger partial charge is 0.332 e. The van der Waals surface area contributed by atoms with Crippen molar-refractivity contribution < 1.29 is 45.0 Å². The van der Waals surface area contributed by atoms with Gasteiger partial charge in [-0.3, -0.25) is 0 Å². The van der Waals surface area contributed by atoms with Gasteiger partial charge in [-0.25, -0.2) is 14.4 Å². The van der Waals surface area contributed by atoms with Crippen LogP contribution in [0.3, 0.4) is 0 Å². The van der Waals surface area contributed by atoms with E-state index in [0.29, 0.717) is 0 Å². The Bertz CT molecular complexity index is 248. The van der Waals surface area contributed by atoms with Crippen molar-refractivity contribution in [2.45, 2.75) is 32.5 Å². The van der Waals surface area contributed by atoms with Gasteiger partial charge < -0.3 is 30.6 Å². The molecule has 2 atom stereocenters. The van der Waals surface area contributed by atoms with Gasteiger partial charge in [-0.05, 0) is 13.3 Å². The van der Waals surface area contributed by atoms with E-state index in [0.717, 1.165) is 0 Å². The van der Waals surface area contributed by atoms with Crippen molar-refractivity contribution in [3.63, 3.8) is 0 Å². The summed E-state index contributed by atoms with van der Waals surface area (Å²) >= 11 is 0. The molecule has 0 saturated carbocycles. The molecule has 0 aromatic heterocycles. The van der Waals surface area contributed by atoms with Gasteiger partial charge in [-0.2, -0.15) is 0 Å². The Morgan fingerprint density at radius 1 is 1.00 bits per heavy atom. The van der Waals surface area contributed by atoms with E-state index in [4.69, 9.17) is 35.4 Å². The summed E-state index contributed by atoms with van der Waals surface area (Å²) in [6, 6.07) is 0. The third-order valence-corrected chi connectivity index (χ3v) is 1.16. The molecule has 0 spiro atoms. The zero-order chi connectivity index (χ0) is 15.3. The van der Waals surface area contributed by atoms with Crippen molar-refractivity contribution in [1.82, 2.24) is 0 Å². The van der Waals surface area contributed by atoms with Crippen LogP contribution >= 0.6 is 0 Å². The van der Waals surface area contributed by atoms with Gasteiger partial charge in [0.2, 0.25) is 0 Å². The average Bonchev–Trinajstić information content (AvgIpc) is 2.29. The summed E-state index contributed by atoms with van der Waals surface area (Å²) in [5.41, 5.74) is 0. The Labute approximate surface area is 103 Å². The summed E-state index contributed by atoms with van der Waals surface area (Å²) in [5.74, 6) is -3.53. The predicted molar refractivity (Wildman–Crippen MR) is 58.0 cm³/mol. The Morgan fingerprint density at radius 3 is 1.28 bits per heavy atom. The van der Waals surface area contributed by atoms with E-state index >= 15 is 0 Å². The van der Waals surface area contributed by atoms with Crippen LogP contribution in [0.1, 0.15) is 20.3 Å². The largest absolute Gasteiger partial charge is 0.480 e. The second-order valence-electron chi connectivity index (χ2n) is 2.83. The first-order valence-corrected chi connectivity index (χ1v) is 4.74. The summed E-state index contributed by atoms with van der Waals surface area (Å²) in [6.07, 6.45) is -2.14. The van der Waals surface area contributed by atoms with Gasteiger partial charge >= 0.3 is 17.9 Å². The van der Waals surface area contributed by atoms with E-state index < -0.39 is 36.7 Å². The maximum absolute atomic E-state index is 9.68. The number of rotatable bonds is 4. The van der Waals surface area contributed by atoms with E-state index in [1.54, 1.807) is 6.92 Å². The molecule has 108 valence electrons. The van der Waals surface area contributed by atoms with E-state index in [-0.39, 0.29) is 6.42 Å². The Morgan fingerprint density at radius 2 is 1.28 bits per heavy atom. The number of aliphatic hydroxyl groups excluding tert-OH is 3. The summed E-state index contributed by atoms with van der Waals surface area (Å²) < 4.78 is 0. The lowest BCUT2D eigenvalue weighted by molar-refractivity contribution is -0.147. The first-order chi connectivity index (χ1) is 8.09. The minimum Gasteiger partial charge on any atom is -0.480 e. The molecule has 0 rings (SSSR count). The summed E-state index contributed by atoms with van der Waals surface area (Å²) in [7, 11) is 0. The van der Waals surface area contributed by atoms with Crippen molar-refractivity contribution in [3.8, 4) is 0 Å². The quantitative estimate of drug-likeness (QED) is 0.350. The number of carboxylic acid groups (broad SMARTS) is 3. The van der Waals surface area contributed by atoms with E-state index in [1.165, 1.54) is 6.92 Å². The average molecular weight is 270 g/mol. The zero-order valence-corrected chi connectivity index (χ0v) is 9.98. The fourth-order valence-corrected chi connectivity index (χ4v) is 0.175. The predicted octanol–water partition coefficient (Wildman–Crippen LogP) is -1.64. The molecule has 0 radical (unpaired) electrons. The molecule has 0 aromatic carbocycles. The van der Waals surface area contributed by atoms with Crippen LogP contribution in [0.4, 0.5) is 0 Å². The lowest BCUT2D eigenvalue weighted by Gasteiger charge is -1.95. The lowest BCUT2D eigenvalue weighted by Crippen LogP contribution is -2.17. The van der Waals surface area contributed by atoms with Crippen LogP contribution in [-0.4, -0.2) is 67.4 Å². The molecule has 0 fully saturated rings. The van der Waals surface area contributed by atoms with Crippen molar-refractivity contribution in [3.05, 3.63) is 0 Å². The molecule has 0 aliphatic carbocycles. The normalized spacial score (nSPS) is 11.8. The molecule has 0 aliphatic heterocycles. The van der Waals surface area contributed by atoms with Gasteiger partial charge in [-0.1, -0.05) is 6.92 Å². The molecule has 18 heavy (non-hydrogen) atoms. The molecule has 0 amide bonds. The van der Waals surface area contributed by atoms with Crippen LogP contribution in [0.25, 0.3) is 0 Å². The molecule has 0 aromatic rings. The second-order valence-corrected chi connectivity index (χ2v) is 2.83. The van der Waals surface area contributed by atoms with E-state index in [2.05, 4.69) is 0 Å². The molecule has 0 bridgehead atoms. The third-order valence-electron chi connectivity index (χ3n) is 1.16. The second kappa shape index (κ2) is 13.4. The van der Waals surface area contributed by atoms with Crippen LogP contribution in [0.2, 0.25) is 0 Å². The van der Waals surface area contributed by atoms with E-state index in [9.17, 15) is 9.59 Å². The molecule has 0 heterocycles. The van der Waals surface area contributed by atoms with Gasteiger partial charge in [-0.15, -0.1) is 0 Å². The number of aliphatic carboxylic acids is 3. The first kappa shape index (κ1) is 21.6. The topological polar surface area (TPSA) is 173 Å². The molecule has 0 aliphatic rings. The van der Waals surface area contributed by atoms with Crippen molar-refractivity contribution in [2.24, 2.45) is 0 Å². The molecule has 6 N–H and O–H groups in total. The molecule has 2 unspecified atom stereocenters. The highest BCUT2D eigenvalue weighted by molar-refractivity contribution is 5.71. The number of aliphatic hydroxyl groups is 3. The van der Waals surface area contributed by atoms with Gasteiger partial charge in [0, 0.05) is 0 Å². The molecule has 0 saturated heterocycles. The van der Waals surface area contributed by atoms with E-state index in [1.807, 2.05) is 0 Å². The van der Waals surface area contributed by atoms with Crippen LogP contribution in [0.15, 0.2) is 0 Å². The highest BCUT2D eigenvalue weighted by Gasteiger charge is 2.07. The van der Waals surface area contributed by atoms with Crippen molar-refractivity contribution >= 4 is 17.9 Å². The highest BCUT2D eigenvalue weighted by Crippen LogP contribution is 1.86. The molecular weight excluding hydrogens is 252 g/mol. The van der Waals surface area contributed by atoms with Gasteiger partial charge in [0.15, 0.2) is 6.10 Å². The Hall–Kier alpha value is -1.71. The number of hydrogen-bond acceptors (Lipinski definition) is 6. The number of carbonyl (C=O) groups is 3. The summed E-state index contributed by atoms with van der Waals surface area (Å²) in [6.45, 7) is 2.03. The summed E-state index contributed by atoms with van der Waals surface area (Å²) in [4.78, 5) is 28.2. The Balaban J connectivity index is -0.000000190. The summed E-state index contributed by atoms with van der Waals surface area (Å²) in [5, 5.41) is 47.1. The van der Waals surface area contributed by atoms with Gasteiger partial charge in [0.05, 0.1) is 0 Å².